The summed E-state index contributed by atoms with van der Waals surface area (Å²) in [6, 6.07) is -0.437. The molecule has 2 unspecified atom stereocenters. The number of nitrogens with two attached hydrogens (primary N) is 1. The first kappa shape index (κ1) is 13.4. The van der Waals surface area contributed by atoms with Crippen LogP contribution in [0.25, 0.3) is 0 Å². The summed E-state index contributed by atoms with van der Waals surface area (Å²) >= 11 is 0. The first-order valence-electron chi connectivity index (χ1n) is 5.23. The van der Waals surface area contributed by atoms with Crippen molar-refractivity contribution in [2.45, 2.75) is 18.5 Å². The molecule has 1 saturated heterocycles. The molecule has 16 heavy (non-hydrogen) atoms. The maximum Gasteiger partial charge on any atom is 0.235 e. The lowest BCUT2D eigenvalue weighted by Gasteiger charge is -2.26. The number of hydrogen-bond acceptors (Lipinski definition) is 5. The summed E-state index contributed by atoms with van der Waals surface area (Å²) in [6.45, 7) is 0.437. The molecule has 2 atom stereocenters. The lowest BCUT2D eigenvalue weighted by molar-refractivity contribution is -0.120. The van der Waals surface area contributed by atoms with Crippen molar-refractivity contribution in [2.75, 3.05) is 32.1 Å². The smallest absolute Gasteiger partial charge is 0.235 e. The molecule has 0 radical (unpaired) electrons. The second-order valence-corrected chi connectivity index (χ2v) is 6.47. The molecule has 1 fully saturated rings. The first-order valence-corrected chi connectivity index (χ1v) is 7.05. The fraction of sp³-hybridized carbons (Fsp3) is 0.889. The van der Waals surface area contributed by atoms with Crippen LogP contribution < -0.4 is 11.1 Å². The minimum atomic E-state index is -2.88. The highest BCUT2D eigenvalue weighted by Gasteiger charge is 2.31. The van der Waals surface area contributed by atoms with Crippen LogP contribution in [0.2, 0.25) is 0 Å². The number of nitrogens with zero attached hydrogens (tertiary/aromatic N) is 1. The molecule has 94 valence electrons. The summed E-state index contributed by atoms with van der Waals surface area (Å²) < 4.78 is 22.6. The molecule has 0 aromatic rings. The SMILES string of the molecule is CNC(CN(C)C1CCS(=O)(=O)C1)C(N)=O. The van der Waals surface area contributed by atoms with Crippen molar-refractivity contribution in [3.05, 3.63) is 0 Å². The molecule has 0 saturated carbocycles. The molecule has 1 heterocycles. The third kappa shape index (κ3) is 3.43. The van der Waals surface area contributed by atoms with E-state index in [1.807, 2.05) is 11.9 Å². The maximum atomic E-state index is 11.3. The Labute approximate surface area is 96.1 Å². The van der Waals surface area contributed by atoms with Gasteiger partial charge in [0.25, 0.3) is 0 Å². The summed E-state index contributed by atoms with van der Waals surface area (Å²) in [7, 11) is 0.598. The molecule has 1 amide bonds. The van der Waals surface area contributed by atoms with Crippen LogP contribution in [0.4, 0.5) is 0 Å². The van der Waals surface area contributed by atoms with Gasteiger partial charge < -0.3 is 16.0 Å². The largest absolute Gasteiger partial charge is 0.368 e. The summed E-state index contributed by atoms with van der Waals surface area (Å²) in [4.78, 5) is 12.9. The zero-order valence-corrected chi connectivity index (χ0v) is 10.5. The first-order chi connectivity index (χ1) is 7.35. The van der Waals surface area contributed by atoms with Gasteiger partial charge in [-0.3, -0.25) is 4.79 Å². The van der Waals surface area contributed by atoms with Crippen LogP contribution >= 0.6 is 0 Å². The van der Waals surface area contributed by atoms with E-state index in [9.17, 15) is 13.2 Å². The van der Waals surface area contributed by atoms with Crippen LogP contribution in [0.1, 0.15) is 6.42 Å². The van der Waals surface area contributed by atoms with Gasteiger partial charge in [0.1, 0.15) is 0 Å². The Balaban J connectivity index is 2.53. The molecule has 0 aromatic heterocycles. The van der Waals surface area contributed by atoms with Gasteiger partial charge in [-0.2, -0.15) is 0 Å². The quantitative estimate of drug-likeness (QED) is 0.598. The van der Waals surface area contributed by atoms with E-state index in [1.54, 1.807) is 7.05 Å². The summed E-state index contributed by atoms with van der Waals surface area (Å²) in [5.41, 5.74) is 5.20. The second-order valence-electron chi connectivity index (χ2n) is 4.24. The van der Waals surface area contributed by atoms with Crippen molar-refractivity contribution in [1.29, 1.82) is 0 Å². The van der Waals surface area contributed by atoms with Crippen molar-refractivity contribution >= 4 is 15.7 Å². The molecule has 1 aliphatic rings. The Morgan fingerprint density at radius 2 is 2.25 bits per heavy atom. The van der Waals surface area contributed by atoms with Gasteiger partial charge in [0, 0.05) is 12.6 Å². The average Bonchev–Trinajstić information content (AvgIpc) is 2.54. The van der Waals surface area contributed by atoms with Gasteiger partial charge in [-0.05, 0) is 20.5 Å². The molecule has 3 N–H and O–H groups in total. The lowest BCUT2D eigenvalue weighted by atomic mass is 10.2. The van der Waals surface area contributed by atoms with Crippen molar-refractivity contribution < 1.29 is 13.2 Å². The third-order valence-corrected chi connectivity index (χ3v) is 4.74. The van der Waals surface area contributed by atoms with E-state index in [1.165, 1.54) is 0 Å². The van der Waals surface area contributed by atoms with Crippen LogP contribution in [-0.2, 0) is 14.6 Å². The monoisotopic (exact) mass is 249 g/mol. The number of likely N-dealkylation sites (N-methyl/N-ethyl adjacent to an activating group) is 2. The zero-order valence-electron chi connectivity index (χ0n) is 9.64. The van der Waals surface area contributed by atoms with E-state index in [0.29, 0.717) is 13.0 Å². The van der Waals surface area contributed by atoms with Gasteiger partial charge in [-0.1, -0.05) is 0 Å². The molecular weight excluding hydrogens is 230 g/mol. The van der Waals surface area contributed by atoms with E-state index in [4.69, 9.17) is 5.73 Å². The summed E-state index contributed by atoms with van der Waals surface area (Å²) in [6.07, 6.45) is 0.633. The zero-order chi connectivity index (χ0) is 12.3. The Kier molecular flexibility index (Phi) is 4.28. The molecule has 7 heteroatoms. The normalized spacial score (nSPS) is 25.8. The molecule has 6 nitrogen and oxygen atoms in total. The number of hydrogen-bond donors (Lipinski definition) is 2. The number of carbonyl (C=O) groups is 1. The highest BCUT2D eigenvalue weighted by molar-refractivity contribution is 7.91. The fourth-order valence-electron chi connectivity index (χ4n) is 1.88. The Hall–Kier alpha value is -0.660. The standard InChI is InChI=1S/C9H19N3O3S/c1-11-8(9(10)13)5-12(2)7-3-4-16(14,15)6-7/h7-8,11H,3-6H2,1-2H3,(H2,10,13). The topological polar surface area (TPSA) is 92.5 Å². The van der Waals surface area contributed by atoms with E-state index in [2.05, 4.69) is 5.32 Å². The molecule has 1 aliphatic heterocycles. The fourth-order valence-corrected chi connectivity index (χ4v) is 3.69. The maximum absolute atomic E-state index is 11.3. The van der Waals surface area contributed by atoms with Gasteiger partial charge in [0.2, 0.25) is 5.91 Å². The predicted molar refractivity (Wildman–Crippen MR) is 61.7 cm³/mol. The van der Waals surface area contributed by atoms with E-state index >= 15 is 0 Å². The van der Waals surface area contributed by atoms with Crippen LogP contribution in [0.15, 0.2) is 0 Å². The summed E-state index contributed by atoms with van der Waals surface area (Å²) in [5, 5.41) is 2.81. The molecule has 1 rings (SSSR count). The molecule has 0 spiro atoms. The number of sulfone groups is 1. The van der Waals surface area contributed by atoms with Crippen molar-refractivity contribution in [3.63, 3.8) is 0 Å². The number of primary amides is 1. The number of rotatable bonds is 5. The van der Waals surface area contributed by atoms with Crippen molar-refractivity contribution in [1.82, 2.24) is 10.2 Å². The van der Waals surface area contributed by atoms with Gasteiger partial charge in [0.05, 0.1) is 17.5 Å². The minimum Gasteiger partial charge on any atom is -0.368 e. The molecule has 0 aromatic carbocycles. The Morgan fingerprint density at radius 1 is 1.62 bits per heavy atom. The Morgan fingerprint density at radius 3 is 2.62 bits per heavy atom. The second kappa shape index (κ2) is 5.11. The average molecular weight is 249 g/mol. The van der Waals surface area contributed by atoms with Crippen LogP contribution in [-0.4, -0.2) is 63.5 Å². The van der Waals surface area contributed by atoms with Gasteiger partial charge in [-0.25, -0.2) is 8.42 Å². The number of amides is 1. The number of carbonyl (C=O) groups excluding carboxylic acids is 1. The Bertz CT molecular complexity index is 355. The van der Waals surface area contributed by atoms with Gasteiger partial charge in [-0.15, -0.1) is 0 Å². The highest BCUT2D eigenvalue weighted by Crippen LogP contribution is 2.16. The third-order valence-electron chi connectivity index (χ3n) is 2.99. The van der Waals surface area contributed by atoms with E-state index in [-0.39, 0.29) is 17.5 Å². The van der Waals surface area contributed by atoms with E-state index < -0.39 is 21.8 Å². The number of nitrogens with one attached hydrogen (secondary N) is 1. The predicted octanol–water partition coefficient (Wildman–Crippen LogP) is -1.82. The van der Waals surface area contributed by atoms with Crippen molar-refractivity contribution in [3.8, 4) is 0 Å². The molecule has 0 bridgehead atoms. The van der Waals surface area contributed by atoms with Crippen LogP contribution in [0.3, 0.4) is 0 Å². The van der Waals surface area contributed by atoms with Crippen LogP contribution in [0.5, 0.6) is 0 Å². The molecular formula is C9H19N3O3S. The lowest BCUT2D eigenvalue weighted by Crippen LogP contribution is -2.49. The van der Waals surface area contributed by atoms with Gasteiger partial charge in [0.15, 0.2) is 9.84 Å². The summed E-state index contributed by atoms with van der Waals surface area (Å²) in [5.74, 6) is -0.00296. The van der Waals surface area contributed by atoms with Crippen LogP contribution in [0, 0.1) is 0 Å². The van der Waals surface area contributed by atoms with Gasteiger partial charge >= 0.3 is 0 Å². The highest BCUT2D eigenvalue weighted by atomic mass is 32.2. The minimum absolute atomic E-state index is 0.000185. The van der Waals surface area contributed by atoms with Crippen molar-refractivity contribution in [2.24, 2.45) is 5.73 Å². The van der Waals surface area contributed by atoms with E-state index in [0.717, 1.165) is 0 Å². The molecule has 0 aliphatic carbocycles.